The molecule has 1 aliphatic heterocycles. The maximum Gasteiger partial charge on any atom is 0.227 e. The van der Waals surface area contributed by atoms with Gasteiger partial charge in [0.15, 0.2) is 0 Å². The average Bonchev–Trinajstić information content (AvgIpc) is 3.11. The van der Waals surface area contributed by atoms with Crippen LogP contribution < -0.4 is 15.4 Å². The molecule has 2 aromatic carbocycles. The second-order valence-corrected chi connectivity index (χ2v) is 5.20. The Bertz CT molecular complexity index is 698. The molecule has 0 spiro atoms. The summed E-state index contributed by atoms with van der Waals surface area (Å²) in [6, 6.07) is 17.2. The van der Waals surface area contributed by atoms with Crippen LogP contribution in [-0.2, 0) is 4.79 Å². The van der Waals surface area contributed by atoms with Gasteiger partial charge in [0.1, 0.15) is 11.6 Å². The van der Waals surface area contributed by atoms with E-state index < -0.39 is 0 Å². The first-order valence-electron chi connectivity index (χ1n) is 7.68. The van der Waals surface area contributed by atoms with Crippen LogP contribution in [-0.4, -0.2) is 31.4 Å². The summed E-state index contributed by atoms with van der Waals surface area (Å²) >= 11 is 0. The second kappa shape index (κ2) is 7.45. The van der Waals surface area contributed by atoms with Crippen LogP contribution in [0.3, 0.4) is 0 Å². The number of hydrogen-bond acceptors (Lipinski definition) is 4. The van der Waals surface area contributed by atoms with Gasteiger partial charge in [0.2, 0.25) is 5.91 Å². The Kier molecular flexibility index (Phi) is 4.88. The second-order valence-electron chi connectivity index (χ2n) is 5.20. The predicted molar refractivity (Wildman–Crippen MR) is 91.0 cm³/mol. The van der Waals surface area contributed by atoms with Crippen molar-refractivity contribution in [3.8, 4) is 5.75 Å². The SMILES string of the molecule is O=C(CCOc1ccccc1)Nc1cccc(C2=NCCN2)c1. The number of amidine groups is 1. The van der Waals surface area contributed by atoms with Crippen LogP contribution >= 0.6 is 0 Å². The predicted octanol–water partition coefficient (Wildman–Crippen LogP) is 2.44. The molecule has 0 radical (unpaired) electrons. The zero-order valence-electron chi connectivity index (χ0n) is 12.8. The Balaban J connectivity index is 1.50. The van der Waals surface area contributed by atoms with E-state index in [2.05, 4.69) is 15.6 Å². The number of carbonyl (C=O) groups excluding carboxylic acids is 1. The minimum Gasteiger partial charge on any atom is -0.493 e. The van der Waals surface area contributed by atoms with Crippen LogP contribution in [0.4, 0.5) is 5.69 Å². The van der Waals surface area contributed by atoms with Gasteiger partial charge in [-0.25, -0.2) is 0 Å². The Hall–Kier alpha value is -2.82. The van der Waals surface area contributed by atoms with Gasteiger partial charge < -0.3 is 15.4 Å². The van der Waals surface area contributed by atoms with Crippen molar-refractivity contribution in [1.82, 2.24) is 5.32 Å². The van der Waals surface area contributed by atoms with Crippen molar-refractivity contribution in [2.75, 3.05) is 25.0 Å². The van der Waals surface area contributed by atoms with E-state index in [0.717, 1.165) is 35.9 Å². The number of benzene rings is 2. The van der Waals surface area contributed by atoms with Crippen LogP contribution in [0.15, 0.2) is 59.6 Å². The van der Waals surface area contributed by atoms with Gasteiger partial charge in [0, 0.05) is 17.8 Å². The minimum atomic E-state index is -0.0700. The van der Waals surface area contributed by atoms with E-state index in [1.54, 1.807) is 0 Å². The molecule has 0 aliphatic carbocycles. The molecule has 23 heavy (non-hydrogen) atoms. The molecule has 5 nitrogen and oxygen atoms in total. The van der Waals surface area contributed by atoms with Crippen molar-refractivity contribution in [2.24, 2.45) is 4.99 Å². The lowest BCUT2D eigenvalue weighted by atomic mass is 10.2. The number of hydrogen-bond donors (Lipinski definition) is 2. The normalized spacial score (nSPS) is 13.1. The fraction of sp³-hybridized carbons (Fsp3) is 0.222. The molecule has 2 aromatic rings. The third-order valence-electron chi connectivity index (χ3n) is 3.43. The molecule has 0 unspecified atom stereocenters. The summed E-state index contributed by atoms with van der Waals surface area (Å²) in [5.74, 6) is 1.58. The van der Waals surface area contributed by atoms with Crippen LogP contribution in [0, 0.1) is 0 Å². The molecule has 2 N–H and O–H groups in total. The monoisotopic (exact) mass is 309 g/mol. The molecule has 3 rings (SSSR count). The number of carbonyl (C=O) groups is 1. The molecule has 0 aromatic heterocycles. The van der Waals surface area contributed by atoms with E-state index in [1.807, 2.05) is 54.6 Å². The third kappa shape index (κ3) is 4.32. The highest BCUT2D eigenvalue weighted by atomic mass is 16.5. The highest BCUT2D eigenvalue weighted by Crippen LogP contribution is 2.13. The first kappa shape index (κ1) is 15.1. The summed E-state index contributed by atoms with van der Waals surface area (Å²) < 4.78 is 5.53. The molecule has 0 fully saturated rings. The maximum absolute atomic E-state index is 12.0. The zero-order valence-corrected chi connectivity index (χ0v) is 12.8. The molecule has 1 heterocycles. The number of anilines is 1. The van der Waals surface area contributed by atoms with Crippen molar-refractivity contribution >= 4 is 17.4 Å². The van der Waals surface area contributed by atoms with Crippen molar-refractivity contribution < 1.29 is 9.53 Å². The fourth-order valence-electron chi connectivity index (χ4n) is 2.34. The summed E-state index contributed by atoms with van der Waals surface area (Å²) in [4.78, 5) is 16.4. The van der Waals surface area contributed by atoms with E-state index in [1.165, 1.54) is 0 Å². The summed E-state index contributed by atoms with van der Waals surface area (Å²) in [7, 11) is 0. The number of nitrogens with one attached hydrogen (secondary N) is 2. The van der Waals surface area contributed by atoms with Crippen molar-refractivity contribution in [2.45, 2.75) is 6.42 Å². The highest BCUT2D eigenvalue weighted by Gasteiger charge is 2.09. The van der Waals surface area contributed by atoms with Gasteiger partial charge in [0.25, 0.3) is 0 Å². The molecule has 0 bridgehead atoms. The van der Waals surface area contributed by atoms with Gasteiger partial charge in [0.05, 0.1) is 19.6 Å². The molecule has 5 heteroatoms. The lowest BCUT2D eigenvalue weighted by Crippen LogP contribution is -2.20. The van der Waals surface area contributed by atoms with E-state index in [4.69, 9.17) is 4.74 Å². The number of aliphatic imine (C=N–C) groups is 1. The summed E-state index contributed by atoms with van der Waals surface area (Å²) in [5.41, 5.74) is 1.75. The lowest BCUT2D eigenvalue weighted by molar-refractivity contribution is -0.116. The standard InChI is InChI=1S/C18H19N3O2/c22-17(9-12-23-16-7-2-1-3-8-16)21-15-6-4-5-14(13-15)18-19-10-11-20-18/h1-8,13H,9-12H2,(H,19,20)(H,21,22). The number of amides is 1. The molecule has 1 aliphatic rings. The van der Waals surface area contributed by atoms with Crippen LogP contribution in [0.2, 0.25) is 0 Å². The molecule has 0 saturated heterocycles. The van der Waals surface area contributed by atoms with E-state index >= 15 is 0 Å². The zero-order chi connectivity index (χ0) is 15.9. The van der Waals surface area contributed by atoms with Crippen molar-refractivity contribution in [3.05, 3.63) is 60.2 Å². The molecule has 1 amide bonds. The minimum absolute atomic E-state index is 0.0700. The van der Waals surface area contributed by atoms with Crippen molar-refractivity contribution in [3.63, 3.8) is 0 Å². The molecule has 0 atom stereocenters. The van der Waals surface area contributed by atoms with Gasteiger partial charge in [-0.05, 0) is 24.3 Å². The van der Waals surface area contributed by atoms with Gasteiger partial charge in [-0.3, -0.25) is 9.79 Å². The first-order valence-corrected chi connectivity index (χ1v) is 7.68. The Morgan fingerprint density at radius 3 is 2.83 bits per heavy atom. The average molecular weight is 309 g/mol. The first-order chi connectivity index (χ1) is 11.3. The number of para-hydroxylation sites is 1. The van der Waals surface area contributed by atoms with Gasteiger partial charge in [-0.15, -0.1) is 0 Å². The van der Waals surface area contributed by atoms with Crippen LogP contribution in [0.1, 0.15) is 12.0 Å². The fourth-order valence-corrected chi connectivity index (χ4v) is 2.34. The van der Waals surface area contributed by atoms with Crippen LogP contribution in [0.5, 0.6) is 5.75 Å². The van der Waals surface area contributed by atoms with Crippen LogP contribution in [0.25, 0.3) is 0 Å². The summed E-state index contributed by atoms with van der Waals surface area (Å²) in [6.45, 7) is 2.01. The number of ether oxygens (including phenoxy) is 1. The quantitative estimate of drug-likeness (QED) is 0.861. The van der Waals surface area contributed by atoms with Gasteiger partial charge >= 0.3 is 0 Å². The summed E-state index contributed by atoms with van der Waals surface area (Å²) in [5, 5.41) is 6.11. The van der Waals surface area contributed by atoms with E-state index in [9.17, 15) is 4.79 Å². The molecular formula is C18H19N3O2. The van der Waals surface area contributed by atoms with Gasteiger partial charge in [-0.2, -0.15) is 0 Å². The largest absolute Gasteiger partial charge is 0.493 e. The Morgan fingerprint density at radius 1 is 1.17 bits per heavy atom. The van der Waals surface area contributed by atoms with E-state index in [-0.39, 0.29) is 5.91 Å². The highest BCUT2D eigenvalue weighted by molar-refractivity contribution is 6.01. The lowest BCUT2D eigenvalue weighted by Gasteiger charge is -2.09. The third-order valence-corrected chi connectivity index (χ3v) is 3.43. The van der Waals surface area contributed by atoms with Gasteiger partial charge in [-0.1, -0.05) is 30.3 Å². The molecule has 118 valence electrons. The Labute approximate surface area is 135 Å². The molecule has 0 saturated carbocycles. The van der Waals surface area contributed by atoms with E-state index in [0.29, 0.717) is 13.0 Å². The topological polar surface area (TPSA) is 62.7 Å². The maximum atomic E-state index is 12.0. The van der Waals surface area contributed by atoms with Crippen molar-refractivity contribution in [1.29, 1.82) is 0 Å². The smallest absolute Gasteiger partial charge is 0.227 e. The molecular weight excluding hydrogens is 290 g/mol. The number of nitrogens with zero attached hydrogens (tertiary/aromatic N) is 1. The number of rotatable bonds is 6. The summed E-state index contributed by atoms with van der Waals surface area (Å²) in [6.07, 6.45) is 0.304. The Morgan fingerprint density at radius 2 is 2.04 bits per heavy atom.